The lowest BCUT2D eigenvalue weighted by molar-refractivity contribution is -0.147. The average molecular weight is 441 g/mol. The van der Waals surface area contributed by atoms with Crippen molar-refractivity contribution < 1.29 is 33.4 Å². The fourth-order valence-electron chi connectivity index (χ4n) is 3.37. The van der Waals surface area contributed by atoms with Gasteiger partial charge in [0.05, 0.1) is 17.0 Å². The molecule has 1 heterocycles. The summed E-state index contributed by atoms with van der Waals surface area (Å²) >= 11 is 0.872. The second kappa shape index (κ2) is 11.7. The van der Waals surface area contributed by atoms with E-state index in [1.807, 2.05) is 0 Å². The quantitative estimate of drug-likeness (QED) is 0.398. The molecule has 0 unspecified atom stereocenters. The number of amides is 2. The summed E-state index contributed by atoms with van der Waals surface area (Å²) in [6, 6.07) is 0. The molecule has 2 amide bonds. The van der Waals surface area contributed by atoms with Crippen molar-refractivity contribution in [3.63, 3.8) is 0 Å². The molecule has 0 aliphatic heterocycles. The summed E-state index contributed by atoms with van der Waals surface area (Å²) < 4.78 is 15.0. The minimum Gasteiger partial charge on any atom is -0.460 e. The summed E-state index contributed by atoms with van der Waals surface area (Å²) in [5, 5.41) is 2.63. The van der Waals surface area contributed by atoms with Gasteiger partial charge in [0.15, 0.2) is 6.61 Å². The summed E-state index contributed by atoms with van der Waals surface area (Å²) in [6.45, 7) is 1.28. The number of ether oxygens (including phenoxy) is 3. The highest BCUT2D eigenvalue weighted by atomic mass is 32.1. The first-order chi connectivity index (χ1) is 14.3. The second-order valence-corrected chi connectivity index (χ2v) is 8.17. The highest BCUT2D eigenvalue weighted by Crippen LogP contribution is 2.33. The molecule has 0 bridgehead atoms. The van der Waals surface area contributed by atoms with Crippen LogP contribution >= 0.6 is 11.3 Å². The summed E-state index contributed by atoms with van der Waals surface area (Å²) in [6.07, 6.45) is 5.72. The van der Waals surface area contributed by atoms with Crippen LogP contribution in [0.25, 0.3) is 0 Å². The molecule has 30 heavy (non-hydrogen) atoms. The van der Waals surface area contributed by atoms with Crippen LogP contribution in [0.3, 0.4) is 0 Å². The number of hydrogen-bond acceptors (Lipinski definition) is 8. The van der Waals surface area contributed by atoms with Crippen LogP contribution in [-0.2, 0) is 23.8 Å². The van der Waals surface area contributed by atoms with Crippen LogP contribution in [-0.4, -0.2) is 50.7 Å². The van der Waals surface area contributed by atoms with Crippen molar-refractivity contribution in [1.82, 2.24) is 0 Å². The lowest BCUT2D eigenvalue weighted by atomic mass is 10.0. The highest BCUT2D eigenvalue weighted by molar-refractivity contribution is 7.18. The fourth-order valence-corrected chi connectivity index (χ4v) is 4.44. The number of nitrogens with two attached hydrogens (primary N) is 1. The number of thiophene rings is 1. The number of rotatable bonds is 11. The van der Waals surface area contributed by atoms with Gasteiger partial charge in [0.2, 0.25) is 0 Å². The first-order valence-corrected chi connectivity index (χ1v) is 10.7. The monoisotopic (exact) mass is 440 g/mol. The number of carbonyl (C=O) groups is 4. The number of methoxy groups -OCH3 is 1. The van der Waals surface area contributed by atoms with Gasteiger partial charge < -0.3 is 25.3 Å². The van der Waals surface area contributed by atoms with Crippen LogP contribution in [0, 0.1) is 12.8 Å². The molecule has 0 radical (unpaired) electrons. The van der Waals surface area contributed by atoms with E-state index in [1.54, 1.807) is 6.92 Å². The van der Waals surface area contributed by atoms with Gasteiger partial charge in [-0.15, -0.1) is 11.3 Å². The molecule has 1 aliphatic rings. The maximum absolute atomic E-state index is 12.4. The number of primary amides is 1. The van der Waals surface area contributed by atoms with Crippen molar-refractivity contribution >= 4 is 40.1 Å². The van der Waals surface area contributed by atoms with Crippen LogP contribution in [0.15, 0.2) is 0 Å². The molecule has 166 valence electrons. The first-order valence-electron chi connectivity index (χ1n) is 9.88. The molecule has 0 atom stereocenters. The van der Waals surface area contributed by atoms with Gasteiger partial charge in [-0.25, -0.2) is 4.79 Å². The van der Waals surface area contributed by atoms with Crippen molar-refractivity contribution in [1.29, 1.82) is 0 Å². The summed E-state index contributed by atoms with van der Waals surface area (Å²) in [5.41, 5.74) is 5.72. The smallest absolute Gasteiger partial charge is 0.341 e. The third kappa shape index (κ3) is 6.81. The summed E-state index contributed by atoms with van der Waals surface area (Å²) in [7, 11) is 1.47. The molecule has 0 saturated heterocycles. The van der Waals surface area contributed by atoms with Gasteiger partial charge >= 0.3 is 11.9 Å². The van der Waals surface area contributed by atoms with Crippen molar-refractivity contribution in [2.45, 2.75) is 45.4 Å². The molecule has 10 heteroatoms. The molecule has 2 rings (SSSR count). The molecule has 1 saturated carbocycles. The molecular formula is C20H28N2O7S. The zero-order chi connectivity index (χ0) is 22.1. The standard InChI is InChI=1S/C20H28N2O7S/c1-12-16(20(26)28-10-9-27-2)19(30-17(12)18(21)25)22-14(23)11-29-15(24)8-7-13-5-3-4-6-13/h13H,3-11H2,1-2H3,(H2,21,25)(H,22,23). The van der Waals surface area contributed by atoms with E-state index in [4.69, 9.17) is 19.9 Å². The van der Waals surface area contributed by atoms with Gasteiger partial charge in [0.25, 0.3) is 11.8 Å². The lowest BCUT2D eigenvalue weighted by Gasteiger charge is -2.10. The Labute approximate surface area is 179 Å². The second-order valence-electron chi connectivity index (χ2n) is 7.15. The van der Waals surface area contributed by atoms with Gasteiger partial charge in [-0.1, -0.05) is 25.7 Å². The van der Waals surface area contributed by atoms with E-state index < -0.39 is 30.4 Å². The van der Waals surface area contributed by atoms with Crippen LogP contribution in [0.5, 0.6) is 0 Å². The van der Waals surface area contributed by atoms with Gasteiger partial charge in [-0.3, -0.25) is 14.4 Å². The zero-order valence-corrected chi connectivity index (χ0v) is 18.1. The van der Waals surface area contributed by atoms with E-state index in [0.29, 0.717) is 11.5 Å². The van der Waals surface area contributed by atoms with Gasteiger partial charge in [0.1, 0.15) is 11.6 Å². The van der Waals surface area contributed by atoms with Crippen molar-refractivity contribution in [2.24, 2.45) is 11.7 Å². The topological polar surface area (TPSA) is 134 Å². The van der Waals surface area contributed by atoms with Crippen molar-refractivity contribution in [2.75, 3.05) is 32.2 Å². The Morgan fingerprint density at radius 2 is 1.83 bits per heavy atom. The normalized spacial score (nSPS) is 13.8. The summed E-state index contributed by atoms with van der Waals surface area (Å²) in [5.74, 6) is -1.93. The van der Waals surface area contributed by atoms with Gasteiger partial charge in [-0.2, -0.15) is 0 Å². The lowest BCUT2D eigenvalue weighted by Crippen LogP contribution is -2.22. The van der Waals surface area contributed by atoms with E-state index in [-0.39, 0.29) is 35.1 Å². The molecular weight excluding hydrogens is 412 g/mol. The minimum absolute atomic E-state index is 0.0164. The average Bonchev–Trinajstić information content (AvgIpc) is 3.32. The Balaban J connectivity index is 1.95. The molecule has 1 aromatic heterocycles. The number of esters is 2. The number of carbonyl (C=O) groups excluding carboxylic acids is 4. The van der Waals surface area contributed by atoms with Crippen LogP contribution < -0.4 is 11.1 Å². The Morgan fingerprint density at radius 3 is 2.47 bits per heavy atom. The van der Waals surface area contributed by atoms with Crippen molar-refractivity contribution in [3.8, 4) is 0 Å². The predicted octanol–water partition coefficient (Wildman–Crippen LogP) is 2.41. The van der Waals surface area contributed by atoms with E-state index >= 15 is 0 Å². The fraction of sp³-hybridized carbons (Fsp3) is 0.600. The molecule has 0 spiro atoms. The third-order valence-electron chi connectivity index (χ3n) is 4.94. The third-order valence-corrected chi connectivity index (χ3v) is 6.17. The van der Waals surface area contributed by atoms with Crippen molar-refractivity contribution in [3.05, 3.63) is 16.0 Å². The molecule has 1 aliphatic carbocycles. The van der Waals surface area contributed by atoms with E-state index in [0.717, 1.165) is 30.6 Å². The van der Waals surface area contributed by atoms with E-state index in [9.17, 15) is 19.2 Å². The molecule has 1 aromatic rings. The first kappa shape index (κ1) is 23.8. The van der Waals surface area contributed by atoms with Gasteiger partial charge in [-0.05, 0) is 24.8 Å². The highest BCUT2D eigenvalue weighted by Gasteiger charge is 2.26. The van der Waals surface area contributed by atoms with E-state index in [1.165, 1.54) is 20.0 Å². The Bertz CT molecular complexity index is 784. The van der Waals surface area contributed by atoms with Gasteiger partial charge in [0, 0.05) is 13.5 Å². The Hall–Kier alpha value is -2.46. The minimum atomic E-state index is -0.720. The maximum atomic E-state index is 12.4. The molecule has 1 fully saturated rings. The van der Waals surface area contributed by atoms with Crippen LogP contribution in [0.2, 0.25) is 0 Å². The Morgan fingerprint density at radius 1 is 1.13 bits per heavy atom. The molecule has 9 nitrogen and oxygen atoms in total. The van der Waals surface area contributed by atoms with Crippen LogP contribution in [0.4, 0.5) is 5.00 Å². The number of anilines is 1. The zero-order valence-electron chi connectivity index (χ0n) is 17.3. The maximum Gasteiger partial charge on any atom is 0.341 e. The van der Waals surface area contributed by atoms with Crippen LogP contribution in [0.1, 0.15) is 64.1 Å². The largest absolute Gasteiger partial charge is 0.460 e. The predicted molar refractivity (Wildman–Crippen MR) is 111 cm³/mol. The SMILES string of the molecule is COCCOC(=O)c1c(NC(=O)COC(=O)CCC2CCCC2)sc(C(N)=O)c1C. The molecule has 3 N–H and O–H groups in total. The Kier molecular flexibility index (Phi) is 9.25. The molecule has 0 aromatic carbocycles. The number of hydrogen-bond donors (Lipinski definition) is 2. The number of nitrogens with one attached hydrogen (secondary N) is 1. The van der Waals surface area contributed by atoms with E-state index in [2.05, 4.69) is 5.32 Å². The summed E-state index contributed by atoms with van der Waals surface area (Å²) in [4.78, 5) is 48.3.